The minimum Gasteiger partial charge on any atom is -0.497 e. The van der Waals surface area contributed by atoms with E-state index in [4.69, 9.17) is 16.3 Å². The first-order chi connectivity index (χ1) is 13.0. The Bertz CT molecular complexity index is 942. The van der Waals surface area contributed by atoms with Crippen LogP contribution < -0.4 is 15.4 Å². The van der Waals surface area contributed by atoms with E-state index in [1.165, 1.54) is 0 Å². The van der Waals surface area contributed by atoms with Crippen LogP contribution in [-0.4, -0.2) is 18.0 Å². The molecule has 0 aliphatic carbocycles. The normalized spacial score (nSPS) is 10.3. The highest BCUT2D eigenvalue weighted by Crippen LogP contribution is 2.22. The van der Waals surface area contributed by atoms with Crippen molar-refractivity contribution in [3.8, 4) is 5.75 Å². The van der Waals surface area contributed by atoms with Crippen molar-refractivity contribution in [1.82, 2.24) is 10.3 Å². The smallest absolute Gasteiger partial charge is 0.251 e. The topological polar surface area (TPSA) is 63.2 Å². The van der Waals surface area contributed by atoms with Crippen LogP contribution in [0.15, 0.2) is 60.8 Å². The summed E-state index contributed by atoms with van der Waals surface area (Å²) >= 11 is 6.15. The molecule has 1 heterocycles. The van der Waals surface area contributed by atoms with Crippen molar-refractivity contribution in [2.24, 2.45) is 0 Å². The van der Waals surface area contributed by atoms with Gasteiger partial charge in [0.05, 0.1) is 7.11 Å². The first-order valence-corrected chi connectivity index (χ1v) is 8.83. The number of anilines is 2. The highest BCUT2D eigenvalue weighted by Gasteiger charge is 2.08. The molecule has 5 nitrogen and oxygen atoms in total. The lowest BCUT2D eigenvalue weighted by molar-refractivity contribution is 0.0951. The van der Waals surface area contributed by atoms with Gasteiger partial charge in [-0.2, -0.15) is 0 Å². The number of benzene rings is 2. The van der Waals surface area contributed by atoms with Crippen LogP contribution in [0.3, 0.4) is 0 Å². The lowest BCUT2D eigenvalue weighted by atomic mass is 10.2. The van der Waals surface area contributed by atoms with Gasteiger partial charge in [0.15, 0.2) is 0 Å². The standard InChI is InChI=1S/C21H20ClN3O2/c1-14-3-6-17(12-19(14)22)25-20-11-16(9-10-23-20)21(26)24-13-15-4-7-18(27-2)8-5-15/h3-12H,13H2,1-2H3,(H,23,25)(H,24,26). The van der Waals surface area contributed by atoms with Gasteiger partial charge in [-0.25, -0.2) is 4.98 Å². The number of pyridine rings is 1. The summed E-state index contributed by atoms with van der Waals surface area (Å²) in [4.78, 5) is 16.7. The zero-order chi connectivity index (χ0) is 19.2. The molecular weight excluding hydrogens is 362 g/mol. The predicted octanol–water partition coefficient (Wildman–Crippen LogP) is 4.73. The minimum atomic E-state index is -0.168. The maximum Gasteiger partial charge on any atom is 0.251 e. The average molecular weight is 382 g/mol. The molecule has 138 valence electrons. The summed E-state index contributed by atoms with van der Waals surface area (Å²) in [5.74, 6) is 1.19. The van der Waals surface area contributed by atoms with Crippen molar-refractivity contribution in [2.75, 3.05) is 12.4 Å². The van der Waals surface area contributed by atoms with Gasteiger partial charge in [0, 0.05) is 29.0 Å². The van der Waals surface area contributed by atoms with Gasteiger partial charge in [-0.3, -0.25) is 4.79 Å². The van der Waals surface area contributed by atoms with E-state index in [1.807, 2.05) is 49.4 Å². The van der Waals surface area contributed by atoms with E-state index in [9.17, 15) is 4.79 Å². The molecule has 6 heteroatoms. The van der Waals surface area contributed by atoms with Crippen LogP contribution >= 0.6 is 11.6 Å². The monoisotopic (exact) mass is 381 g/mol. The molecule has 0 bridgehead atoms. The zero-order valence-corrected chi connectivity index (χ0v) is 15.9. The molecule has 0 fully saturated rings. The second kappa shape index (κ2) is 8.56. The third-order valence-corrected chi connectivity index (χ3v) is 4.49. The Balaban J connectivity index is 1.64. The van der Waals surface area contributed by atoms with Gasteiger partial charge >= 0.3 is 0 Å². The summed E-state index contributed by atoms with van der Waals surface area (Å²) in [6.45, 7) is 2.37. The summed E-state index contributed by atoms with van der Waals surface area (Å²) in [5.41, 5.74) is 3.33. The van der Waals surface area contributed by atoms with Crippen LogP contribution in [0.1, 0.15) is 21.5 Å². The minimum absolute atomic E-state index is 0.168. The Labute approximate surface area is 163 Å². The summed E-state index contributed by atoms with van der Waals surface area (Å²) in [7, 11) is 1.62. The molecule has 0 saturated carbocycles. The summed E-state index contributed by atoms with van der Waals surface area (Å²) in [6, 6.07) is 16.6. The molecule has 0 atom stereocenters. The predicted molar refractivity (Wildman–Crippen MR) is 108 cm³/mol. The SMILES string of the molecule is COc1ccc(CNC(=O)c2ccnc(Nc3ccc(C)c(Cl)c3)c2)cc1. The molecule has 0 radical (unpaired) electrons. The second-order valence-corrected chi connectivity index (χ2v) is 6.46. The molecule has 0 unspecified atom stereocenters. The summed E-state index contributed by atoms with van der Waals surface area (Å²) in [5, 5.41) is 6.74. The van der Waals surface area contributed by atoms with Crippen LogP contribution in [0.2, 0.25) is 5.02 Å². The van der Waals surface area contributed by atoms with Gasteiger partial charge in [-0.05, 0) is 54.4 Å². The quantitative estimate of drug-likeness (QED) is 0.648. The highest BCUT2D eigenvalue weighted by molar-refractivity contribution is 6.31. The number of methoxy groups -OCH3 is 1. The van der Waals surface area contributed by atoms with Crippen molar-refractivity contribution in [3.63, 3.8) is 0 Å². The maximum absolute atomic E-state index is 12.4. The molecule has 1 amide bonds. The number of hydrogen-bond acceptors (Lipinski definition) is 4. The molecule has 1 aromatic heterocycles. The molecule has 0 aliphatic rings. The number of nitrogens with one attached hydrogen (secondary N) is 2. The van der Waals surface area contributed by atoms with Gasteiger partial charge in [-0.15, -0.1) is 0 Å². The first kappa shape index (κ1) is 18.7. The van der Waals surface area contributed by atoms with Gasteiger partial charge in [0.2, 0.25) is 0 Å². The van der Waals surface area contributed by atoms with E-state index in [2.05, 4.69) is 15.6 Å². The van der Waals surface area contributed by atoms with Crippen LogP contribution in [0.4, 0.5) is 11.5 Å². The number of aryl methyl sites for hydroxylation is 1. The van der Waals surface area contributed by atoms with E-state index >= 15 is 0 Å². The lowest BCUT2D eigenvalue weighted by Crippen LogP contribution is -2.22. The van der Waals surface area contributed by atoms with Gasteiger partial charge in [0.1, 0.15) is 11.6 Å². The summed E-state index contributed by atoms with van der Waals surface area (Å²) < 4.78 is 5.13. The maximum atomic E-state index is 12.4. The Kier molecular flexibility index (Phi) is 5.94. The summed E-state index contributed by atoms with van der Waals surface area (Å²) in [6.07, 6.45) is 1.60. The Morgan fingerprint density at radius 1 is 1.11 bits per heavy atom. The fourth-order valence-electron chi connectivity index (χ4n) is 2.49. The zero-order valence-electron chi connectivity index (χ0n) is 15.1. The number of amides is 1. The second-order valence-electron chi connectivity index (χ2n) is 6.05. The van der Waals surface area contributed by atoms with E-state index in [1.54, 1.807) is 25.4 Å². The molecule has 3 rings (SSSR count). The van der Waals surface area contributed by atoms with Crippen molar-refractivity contribution in [1.29, 1.82) is 0 Å². The number of halogens is 1. The number of ether oxygens (including phenoxy) is 1. The van der Waals surface area contributed by atoms with Crippen LogP contribution in [0, 0.1) is 6.92 Å². The van der Waals surface area contributed by atoms with E-state index in [-0.39, 0.29) is 5.91 Å². The molecule has 0 aliphatic heterocycles. The largest absolute Gasteiger partial charge is 0.497 e. The Morgan fingerprint density at radius 2 is 1.89 bits per heavy atom. The van der Waals surface area contributed by atoms with Crippen molar-refractivity contribution in [3.05, 3.63) is 82.5 Å². The van der Waals surface area contributed by atoms with Crippen LogP contribution in [0.5, 0.6) is 5.75 Å². The third-order valence-electron chi connectivity index (χ3n) is 4.08. The average Bonchev–Trinajstić information content (AvgIpc) is 2.69. The van der Waals surface area contributed by atoms with Crippen molar-refractivity contribution < 1.29 is 9.53 Å². The number of hydrogen-bond donors (Lipinski definition) is 2. The van der Waals surface area contributed by atoms with E-state index < -0.39 is 0 Å². The lowest BCUT2D eigenvalue weighted by Gasteiger charge is -2.10. The molecule has 3 aromatic rings. The molecule has 2 N–H and O–H groups in total. The van der Waals surface area contributed by atoms with Crippen LogP contribution in [-0.2, 0) is 6.54 Å². The molecule has 2 aromatic carbocycles. The molecule has 0 spiro atoms. The number of nitrogens with zero attached hydrogens (tertiary/aromatic N) is 1. The van der Waals surface area contributed by atoms with Gasteiger partial charge < -0.3 is 15.4 Å². The number of carbonyl (C=O) groups is 1. The fraction of sp³-hybridized carbons (Fsp3) is 0.143. The first-order valence-electron chi connectivity index (χ1n) is 8.45. The number of aromatic nitrogens is 1. The molecule has 0 saturated heterocycles. The van der Waals surface area contributed by atoms with Gasteiger partial charge in [0.25, 0.3) is 5.91 Å². The van der Waals surface area contributed by atoms with Crippen molar-refractivity contribution in [2.45, 2.75) is 13.5 Å². The Hall–Kier alpha value is -3.05. The number of carbonyl (C=O) groups excluding carboxylic acids is 1. The van der Waals surface area contributed by atoms with Crippen LogP contribution in [0.25, 0.3) is 0 Å². The third kappa shape index (κ3) is 4.99. The number of rotatable bonds is 6. The molecular formula is C21H20ClN3O2. The Morgan fingerprint density at radius 3 is 2.59 bits per heavy atom. The van der Waals surface area contributed by atoms with E-state index in [0.717, 1.165) is 22.6 Å². The fourth-order valence-corrected chi connectivity index (χ4v) is 2.67. The van der Waals surface area contributed by atoms with E-state index in [0.29, 0.717) is 22.9 Å². The molecule has 27 heavy (non-hydrogen) atoms. The van der Waals surface area contributed by atoms with Crippen molar-refractivity contribution >= 4 is 29.0 Å². The van der Waals surface area contributed by atoms with Gasteiger partial charge in [-0.1, -0.05) is 29.8 Å². The highest BCUT2D eigenvalue weighted by atomic mass is 35.5.